The van der Waals surface area contributed by atoms with Gasteiger partial charge in [-0.1, -0.05) is 24.3 Å². The van der Waals surface area contributed by atoms with E-state index in [1.807, 2.05) is 0 Å². The highest BCUT2D eigenvalue weighted by Gasteiger charge is 2.38. The molecular formula is C19H18N2O5S. The van der Waals surface area contributed by atoms with E-state index in [1.54, 1.807) is 32.3 Å². The molecule has 0 fully saturated rings. The van der Waals surface area contributed by atoms with Gasteiger partial charge in [-0.3, -0.25) is 13.9 Å². The highest BCUT2D eigenvalue weighted by molar-refractivity contribution is 7.89. The van der Waals surface area contributed by atoms with Gasteiger partial charge in [0.05, 0.1) is 4.90 Å². The molecule has 7 nitrogen and oxygen atoms in total. The van der Waals surface area contributed by atoms with Crippen molar-refractivity contribution in [2.24, 2.45) is 0 Å². The van der Waals surface area contributed by atoms with E-state index < -0.39 is 21.6 Å². The van der Waals surface area contributed by atoms with Gasteiger partial charge in [-0.2, -0.15) is 0 Å². The summed E-state index contributed by atoms with van der Waals surface area (Å²) in [6.07, 6.45) is 0. The first kappa shape index (κ1) is 18.7. The van der Waals surface area contributed by atoms with Crippen molar-refractivity contribution in [3.05, 3.63) is 70.9 Å². The number of rotatable bonds is 3. The molecular weight excluding hydrogens is 368 g/mol. The highest BCUT2D eigenvalue weighted by atomic mass is 32.2. The number of likely N-dealkylation sites (N-methyl/N-ethyl adjacent to an activating group) is 1. The van der Waals surface area contributed by atoms with Crippen molar-refractivity contribution in [3.63, 3.8) is 0 Å². The molecule has 0 unspecified atom stereocenters. The molecule has 1 heterocycles. The minimum atomic E-state index is -3.98. The Morgan fingerprint density at radius 3 is 2.30 bits per heavy atom. The predicted octanol–water partition coefficient (Wildman–Crippen LogP) is 2.13. The zero-order valence-electron chi connectivity index (χ0n) is 15.0. The quantitative estimate of drug-likeness (QED) is 0.816. The minimum Gasteiger partial charge on any atom is -0.505 e. The molecule has 1 N–H and O–H groups in total. The van der Waals surface area contributed by atoms with Crippen molar-refractivity contribution < 1.29 is 23.1 Å². The van der Waals surface area contributed by atoms with Gasteiger partial charge >= 0.3 is 0 Å². The summed E-state index contributed by atoms with van der Waals surface area (Å²) < 4.78 is 26.2. The molecule has 0 bridgehead atoms. The van der Waals surface area contributed by atoms with E-state index >= 15 is 0 Å². The number of ketones is 1. The van der Waals surface area contributed by atoms with Crippen molar-refractivity contribution in [1.82, 2.24) is 9.21 Å². The molecule has 0 aromatic heterocycles. The lowest BCUT2D eigenvalue weighted by atomic mass is 10.0. The van der Waals surface area contributed by atoms with Crippen molar-refractivity contribution >= 4 is 27.5 Å². The van der Waals surface area contributed by atoms with Crippen LogP contribution >= 0.6 is 0 Å². The zero-order valence-corrected chi connectivity index (χ0v) is 15.8. The zero-order chi connectivity index (χ0) is 19.9. The van der Waals surface area contributed by atoms with Crippen LogP contribution in [0.1, 0.15) is 26.3 Å². The number of amides is 1. The summed E-state index contributed by atoms with van der Waals surface area (Å²) >= 11 is 0. The Morgan fingerprint density at radius 1 is 1.00 bits per heavy atom. The first-order chi connectivity index (χ1) is 12.7. The smallest absolute Gasteiger partial charge is 0.265 e. The second-order valence-corrected chi connectivity index (χ2v) is 8.21. The van der Waals surface area contributed by atoms with Crippen LogP contribution in [0.25, 0.3) is 5.76 Å². The normalized spacial score (nSPS) is 15.3. The lowest BCUT2D eigenvalue weighted by Crippen LogP contribution is -2.35. The fourth-order valence-electron chi connectivity index (χ4n) is 2.87. The SMILES string of the molecule is CN(C)C(=O)c1cccc(C(=O)C2=C(O)c3ccccc3S(=O)(=O)N2C)c1. The summed E-state index contributed by atoms with van der Waals surface area (Å²) in [4.78, 5) is 26.4. The maximum Gasteiger partial charge on any atom is 0.265 e. The lowest BCUT2D eigenvalue weighted by Gasteiger charge is -2.28. The minimum absolute atomic E-state index is 0.0690. The highest BCUT2D eigenvalue weighted by Crippen LogP contribution is 2.35. The van der Waals surface area contributed by atoms with Gasteiger partial charge in [0.15, 0.2) is 5.76 Å². The molecule has 1 amide bonds. The van der Waals surface area contributed by atoms with E-state index in [4.69, 9.17) is 0 Å². The van der Waals surface area contributed by atoms with Gasteiger partial charge < -0.3 is 10.0 Å². The molecule has 0 atom stereocenters. The molecule has 0 saturated heterocycles. The fourth-order valence-corrected chi connectivity index (χ4v) is 4.27. The van der Waals surface area contributed by atoms with Gasteiger partial charge in [-0.05, 0) is 24.3 Å². The van der Waals surface area contributed by atoms with Crippen LogP contribution < -0.4 is 0 Å². The van der Waals surface area contributed by atoms with E-state index in [9.17, 15) is 23.1 Å². The number of nitrogens with zero attached hydrogens (tertiary/aromatic N) is 2. The number of fused-ring (bicyclic) bond motifs is 1. The Bertz CT molecular complexity index is 1090. The topological polar surface area (TPSA) is 95.0 Å². The van der Waals surface area contributed by atoms with Crippen LogP contribution in [-0.2, 0) is 10.0 Å². The summed E-state index contributed by atoms with van der Waals surface area (Å²) in [5, 5.41) is 10.6. The number of benzene rings is 2. The molecule has 0 saturated carbocycles. The Kier molecular flexibility index (Phi) is 4.52. The monoisotopic (exact) mass is 386 g/mol. The van der Waals surface area contributed by atoms with Crippen molar-refractivity contribution in [2.45, 2.75) is 4.90 Å². The average molecular weight is 386 g/mol. The van der Waals surface area contributed by atoms with Gasteiger partial charge in [0.2, 0.25) is 5.78 Å². The van der Waals surface area contributed by atoms with Crippen molar-refractivity contribution in [3.8, 4) is 0 Å². The molecule has 0 aliphatic carbocycles. The Labute approximate surface area is 157 Å². The Hall–Kier alpha value is -3.13. The number of allylic oxidation sites excluding steroid dienone is 1. The first-order valence-corrected chi connectivity index (χ1v) is 9.48. The maximum absolute atomic E-state index is 13.0. The summed E-state index contributed by atoms with van der Waals surface area (Å²) in [6, 6.07) is 11.9. The molecule has 2 aromatic carbocycles. The number of Topliss-reactive ketones (excluding diaryl/α,β-unsaturated/α-hetero) is 1. The van der Waals surface area contributed by atoms with E-state index in [-0.39, 0.29) is 33.2 Å². The predicted molar refractivity (Wildman–Crippen MR) is 99.7 cm³/mol. The second-order valence-electron chi connectivity index (χ2n) is 6.28. The molecule has 0 radical (unpaired) electrons. The molecule has 3 rings (SSSR count). The number of sulfonamides is 1. The molecule has 1 aliphatic rings. The summed E-state index contributed by atoms with van der Waals surface area (Å²) in [5.41, 5.74) is 0.0981. The summed E-state index contributed by atoms with van der Waals surface area (Å²) in [5.74, 6) is -1.41. The van der Waals surface area contributed by atoms with Crippen LogP contribution in [0.15, 0.2) is 59.1 Å². The number of carbonyl (C=O) groups excluding carboxylic acids is 2. The van der Waals surface area contributed by atoms with E-state index in [0.29, 0.717) is 0 Å². The van der Waals surface area contributed by atoms with E-state index in [1.165, 1.54) is 42.3 Å². The number of hydrogen-bond acceptors (Lipinski definition) is 5. The van der Waals surface area contributed by atoms with Gasteiger partial charge in [-0.25, -0.2) is 8.42 Å². The number of hydrogen-bond donors (Lipinski definition) is 1. The van der Waals surface area contributed by atoms with Crippen LogP contribution in [0.3, 0.4) is 0 Å². The Morgan fingerprint density at radius 2 is 1.63 bits per heavy atom. The van der Waals surface area contributed by atoms with Crippen LogP contribution in [0, 0.1) is 0 Å². The summed E-state index contributed by atoms with van der Waals surface area (Å²) in [7, 11) is 0.409. The fraction of sp³-hybridized carbons (Fsp3) is 0.158. The molecule has 140 valence electrons. The molecule has 2 aromatic rings. The molecule has 1 aliphatic heterocycles. The van der Waals surface area contributed by atoms with Crippen LogP contribution in [0.5, 0.6) is 0 Å². The van der Waals surface area contributed by atoms with Gasteiger partial charge in [0.25, 0.3) is 15.9 Å². The lowest BCUT2D eigenvalue weighted by molar-refractivity contribution is 0.0827. The Balaban J connectivity index is 2.15. The molecule has 27 heavy (non-hydrogen) atoms. The van der Waals surface area contributed by atoms with Crippen molar-refractivity contribution in [1.29, 1.82) is 0 Å². The van der Waals surface area contributed by atoms with Crippen LogP contribution in [0.2, 0.25) is 0 Å². The summed E-state index contributed by atoms with van der Waals surface area (Å²) in [6.45, 7) is 0. The number of aliphatic hydroxyl groups excluding tert-OH is 1. The molecule has 8 heteroatoms. The largest absolute Gasteiger partial charge is 0.505 e. The second kappa shape index (κ2) is 6.55. The van der Waals surface area contributed by atoms with Crippen LogP contribution in [-0.4, -0.2) is 55.6 Å². The van der Waals surface area contributed by atoms with Crippen LogP contribution in [0.4, 0.5) is 0 Å². The van der Waals surface area contributed by atoms with Crippen molar-refractivity contribution in [2.75, 3.05) is 21.1 Å². The third-order valence-corrected chi connectivity index (χ3v) is 6.13. The average Bonchev–Trinajstić information content (AvgIpc) is 2.66. The molecule has 0 spiro atoms. The van der Waals surface area contributed by atoms with Gasteiger partial charge in [-0.15, -0.1) is 0 Å². The van der Waals surface area contributed by atoms with E-state index in [2.05, 4.69) is 0 Å². The maximum atomic E-state index is 13.0. The van der Waals surface area contributed by atoms with E-state index in [0.717, 1.165) is 4.31 Å². The number of carbonyl (C=O) groups is 2. The first-order valence-electron chi connectivity index (χ1n) is 8.04. The van der Waals surface area contributed by atoms with Gasteiger partial charge in [0.1, 0.15) is 5.70 Å². The third-order valence-electron chi connectivity index (χ3n) is 4.31. The van der Waals surface area contributed by atoms with Gasteiger partial charge in [0, 0.05) is 37.8 Å². The third kappa shape index (κ3) is 2.97. The number of aliphatic hydroxyl groups is 1. The standard InChI is InChI=1S/C19H18N2O5S/c1-20(2)19(24)13-8-6-7-12(11-13)17(22)16-18(23)14-9-4-5-10-15(14)27(25,26)21(16)3/h4-11,23H,1-3H3.